The number of non-ortho nitro benzene ring substituents is 1. The molecule has 0 radical (unpaired) electrons. The minimum atomic E-state index is -0.458. The zero-order chi connectivity index (χ0) is 23.4. The molecule has 4 aromatic rings. The van der Waals surface area contributed by atoms with Crippen LogP contribution in [0.15, 0.2) is 77.0 Å². The molecular weight excluding hydrogens is 440 g/mol. The van der Waals surface area contributed by atoms with Crippen LogP contribution in [-0.2, 0) is 11.8 Å². The number of benzene rings is 3. The van der Waals surface area contributed by atoms with Gasteiger partial charge in [-0.15, -0.1) is 10.2 Å². The van der Waals surface area contributed by atoms with Gasteiger partial charge in [0.1, 0.15) is 0 Å². The Kier molecular flexibility index (Phi) is 6.45. The molecule has 0 bridgehead atoms. The molecule has 3 aromatic carbocycles. The molecule has 0 aliphatic carbocycles. The van der Waals surface area contributed by atoms with E-state index in [9.17, 15) is 14.9 Å². The van der Waals surface area contributed by atoms with Crippen molar-refractivity contribution in [1.82, 2.24) is 20.2 Å². The summed E-state index contributed by atoms with van der Waals surface area (Å²) < 4.78 is 1.70. The summed E-state index contributed by atoms with van der Waals surface area (Å²) in [6, 6.07) is 20.2. The lowest BCUT2D eigenvalue weighted by Crippen LogP contribution is -2.21. The van der Waals surface area contributed by atoms with E-state index in [1.165, 1.54) is 23.9 Å². The third-order valence-electron chi connectivity index (χ3n) is 5.00. The molecule has 1 heterocycles. The molecule has 0 unspecified atom stereocenters. The van der Waals surface area contributed by atoms with Gasteiger partial charge in [-0.1, -0.05) is 60.3 Å². The number of hydrogen-bond donors (Lipinski definition) is 1. The van der Waals surface area contributed by atoms with Crippen LogP contribution in [0.1, 0.15) is 12.5 Å². The number of aromatic nitrogens is 3. The molecule has 166 valence electrons. The summed E-state index contributed by atoms with van der Waals surface area (Å²) in [5.41, 5.74) is 4.75. The quantitative estimate of drug-likeness (QED) is 0.191. The molecule has 0 spiro atoms. The second-order valence-electron chi connectivity index (χ2n) is 7.26. The van der Waals surface area contributed by atoms with Gasteiger partial charge in [-0.2, -0.15) is 5.10 Å². The molecule has 1 N–H and O–H groups in total. The molecule has 1 aromatic heterocycles. The van der Waals surface area contributed by atoms with Crippen LogP contribution >= 0.6 is 11.8 Å². The average Bonchev–Trinajstić information content (AvgIpc) is 3.21. The summed E-state index contributed by atoms with van der Waals surface area (Å²) in [6.07, 6.45) is 0. The molecule has 0 aliphatic rings. The Hall–Kier alpha value is -4.05. The molecule has 4 rings (SSSR count). The molecule has 9 nitrogen and oxygen atoms in total. The highest BCUT2D eigenvalue weighted by atomic mass is 32.2. The van der Waals surface area contributed by atoms with E-state index >= 15 is 0 Å². The summed E-state index contributed by atoms with van der Waals surface area (Å²) in [4.78, 5) is 22.9. The van der Waals surface area contributed by atoms with Gasteiger partial charge in [0, 0.05) is 24.7 Å². The molecule has 0 saturated heterocycles. The van der Waals surface area contributed by atoms with E-state index in [0.29, 0.717) is 22.3 Å². The van der Waals surface area contributed by atoms with Crippen molar-refractivity contribution < 1.29 is 9.72 Å². The van der Waals surface area contributed by atoms with Gasteiger partial charge in [0.15, 0.2) is 11.0 Å². The Morgan fingerprint density at radius 3 is 2.67 bits per heavy atom. The average molecular weight is 461 g/mol. The Balaban J connectivity index is 1.39. The van der Waals surface area contributed by atoms with Crippen LogP contribution in [0, 0.1) is 10.1 Å². The monoisotopic (exact) mass is 460 g/mol. The molecule has 0 atom stereocenters. The Bertz CT molecular complexity index is 1380. The number of fused-ring (bicyclic) bond motifs is 1. The van der Waals surface area contributed by atoms with Gasteiger partial charge in [0.25, 0.3) is 11.6 Å². The van der Waals surface area contributed by atoms with E-state index in [-0.39, 0.29) is 17.3 Å². The smallest absolute Gasteiger partial charge is 0.270 e. The van der Waals surface area contributed by atoms with Crippen molar-refractivity contribution in [1.29, 1.82) is 0 Å². The van der Waals surface area contributed by atoms with Crippen molar-refractivity contribution >= 4 is 39.8 Å². The number of hydrogen-bond acceptors (Lipinski definition) is 7. The summed E-state index contributed by atoms with van der Waals surface area (Å²) >= 11 is 1.20. The van der Waals surface area contributed by atoms with E-state index in [1.54, 1.807) is 23.7 Å². The Labute approximate surface area is 193 Å². The molecule has 0 saturated carbocycles. The van der Waals surface area contributed by atoms with E-state index in [0.717, 1.165) is 16.3 Å². The van der Waals surface area contributed by atoms with Crippen LogP contribution in [0.5, 0.6) is 0 Å². The van der Waals surface area contributed by atoms with Crippen molar-refractivity contribution in [2.75, 3.05) is 5.75 Å². The number of nitrogens with one attached hydrogen (secondary N) is 1. The van der Waals surface area contributed by atoms with Gasteiger partial charge in [-0.3, -0.25) is 14.9 Å². The highest BCUT2D eigenvalue weighted by Gasteiger charge is 2.15. The second-order valence-corrected chi connectivity index (χ2v) is 8.20. The molecule has 33 heavy (non-hydrogen) atoms. The summed E-state index contributed by atoms with van der Waals surface area (Å²) in [5, 5.41) is 26.2. The molecule has 10 heteroatoms. The van der Waals surface area contributed by atoms with Crippen molar-refractivity contribution in [3.63, 3.8) is 0 Å². The first-order valence-electron chi connectivity index (χ1n) is 10.0. The van der Waals surface area contributed by atoms with Crippen LogP contribution in [0.3, 0.4) is 0 Å². The summed E-state index contributed by atoms with van der Waals surface area (Å²) in [6.45, 7) is 1.84. The zero-order valence-corrected chi connectivity index (χ0v) is 18.7. The van der Waals surface area contributed by atoms with Crippen LogP contribution in [0.25, 0.3) is 22.2 Å². The van der Waals surface area contributed by atoms with Gasteiger partial charge in [-0.05, 0) is 29.3 Å². The number of rotatable bonds is 7. The first kappa shape index (κ1) is 22.2. The highest BCUT2D eigenvalue weighted by molar-refractivity contribution is 7.99. The number of nitro groups is 1. The fourth-order valence-electron chi connectivity index (χ4n) is 3.24. The number of thioether (sulfide) groups is 1. The number of amides is 1. The lowest BCUT2D eigenvalue weighted by Gasteiger charge is -2.05. The maximum Gasteiger partial charge on any atom is 0.270 e. The number of nitro benzene ring substituents is 1. The van der Waals surface area contributed by atoms with Crippen LogP contribution < -0.4 is 5.43 Å². The number of hydrazone groups is 1. The lowest BCUT2D eigenvalue weighted by molar-refractivity contribution is -0.384. The van der Waals surface area contributed by atoms with Gasteiger partial charge in [0.05, 0.1) is 16.4 Å². The number of nitrogens with zero attached hydrogens (tertiary/aromatic N) is 5. The normalized spacial score (nSPS) is 11.5. The third-order valence-corrected chi connectivity index (χ3v) is 6.02. The molecular formula is C23H20N6O3S. The fourth-order valence-corrected chi connectivity index (χ4v) is 3.94. The van der Waals surface area contributed by atoms with E-state index < -0.39 is 4.92 Å². The van der Waals surface area contributed by atoms with E-state index in [4.69, 9.17) is 0 Å². The van der Waals surface area contributed by atoms with Crippen molar-refractivity contribution in [2.24, 2.45) is 12.1 Å². The van der Waals surface area contributed by atoms with Crippen molar-refractivity contribution in [3.8, 4) is 11.4 Å². The van der Waals surface area contributed by atoms with Crippen molar-refractivity contribution in [3.05, 3.63) is 82.4 Å². The van der Waals surface area contributed by atoms with Gasteiger partial charge in [0.2, 0.25) is 0 Å². The minimum Gasteiger partial charge on any atom is -0.305 e. The first-order valence-corrected chi connectivity index (χ1v) is 11.0. The summed E-state index contributed by atoms with van der Waals surface area (Å²) in [7, 11) is 1.75. The predicted molar refractivity (Wildman–Crippen MR) is 128 cm³/mol. The number of carbonyl (C=O) groups is 1. The van der Waals surface area contributed by atoms with Gasteiger partial charge < -0.3 is 4.57 Å². The zero-order valence-electron chi connectivity index (χ0n) is 17.9. The minimum absolute atomic E-state index is 0.0243. The van der Waals surface area contributed by atoms with E-state index in [2.05, 4.69) is 20.7 Å². The second kappa shape index (κ2) is 9.61. The molecule has 0 fully saturated rings. The summed E-state index contributed by atoms with van der Waals surface area (Å²) in [5.74, 6) is 0.293. The van der Waals surface area contributed by atoms with Crippen LogP contribution in [0.2, 0.25) is 0 Å². The van der Waals surface area contributed by atoms with E-state index in [1.807, 2.05) is 49.4 Å². The highest BCUT2D eigenvalue weighted by Crippen LogP contribution is 2.25. The first-order chi connectivity index (χ1) is 15.9. The van der Waals surface area contributed by atoms with Gasteiger partial charge >= 0.3 is 0 Å². The van der Waals surface area contributed by atoms with Crippen LogP contribution in [-0.4, -0.2) is 37.1 Å². The Morgan fingerprint density at radius 2 is 1.88 bits per heavy atom. The topological polar surface area (TPSA) is 115 Å². The standard InChI is InChI=1S/C23H20N6O3S/c1-15(17-11-10-16-6-3-4-7-18(16)12-17)24-25-21(30)14-33-23-27-26-22(28(23)2)19-8-5-9-20(13-19)29(31)32/h3-13H,14H2,1-2H3,(H,25,30). The molecule has 1 amide bonds. The largest absolute Gasteiger partial charge is 0.305 e. The van der Waals surface area contributed by atoms with Crippen LogP contribution in [0.4, 0.5) is 5.69 Å². The SMILES string of the molecule is CC(=NNC(=O)CSc1nnc(-c2cccc([N+](=O)[O-])c2)n1C)c1ccc2ccccc2c1. The fraction of sp³-hybridized carbons (Fsp3) is 0.130. The number of carbonyl (C=O) groups excluding carboxylic acids is 1. The van der Waals surface area contributed by atoms with Crippen molar-refractivity contribution in [2.45, 2.75) is 12.1 Å². The van der Waals surface area contributed by atoms with Gasteiger partial charge in [-0.25, -0.2) is 5.43 Å². The maximum absolute atomic E-state index is 12.3. The Morgan fingerprint density at radius 1 is 1.09 bits per heavy atom. The maximum atomic E-state index is 12.3. The lowest BCUT2D eigenvalue weighted by atomic mass is 10.0. The molecule has 0 aliphatic heterocycles. The third kappa shape index (κ3) is 5.07. The predicted octanol–water partition coefficient (Wildman–Crippen LogP) is 4.18.